The van der Waals surface area contributed by atoms with Crippen molar-refractivity contribution in [3.63, 3.8) is 0 Å². The van der Waals surface area contributed by atoms with Crippen LogP contribution in [0.5, 0.6) is 0 Å². The van der Waals surface area contributed by atoms with Crippen LogP contribution in [0.2, 0.25) is 0 Å². The third-order valence-electron chi connectivity index (χ3n) is 4.34. The Labute approximate surface area is 135 Å². The molecule has 0 saturated carbocycles. The molecule has 2 N–H and O–H groups in total. The lowest BCUT2D eigenvalue weighted by molar-refractivity contribution is -0.130. The summed E-state index contributed by atoms with van der Waals surface area (Å²) in [6, 6.07) is 15.6. The lowest BCUT2D eigenvalue weighted by Crippen LogP contribution is -2.32. The topological polar surface area (TPSA) is 58.2 Å². The summed E-state index contributed by atoms with van der Waals surface area (Å²) in [7, 11) is 0. The molecular formula is C19H20N2O2. The number of benzene rings is 2. The van der Waals surface area contributed by atoms with E-state index in [1.807, 2.05) is 62.4 Å². The van der Waals surface area contributed by atoms with Gasteiger partial charge in [0, 0.05) is 18.2 Å². The van der Waals surface area contributed by atoms with Crippen molar-refractivity contribution in [2.75, 3.05) is 11.9 Å². The van der Waals surface area contributed by atoms with Gasteiger partial charge in [0.25, 0.3) is 0 Å². The number of anilines is 1. The number of carbonyl (C=O) groups is 2. The second kappa shape index (κ2) is 6.24. The SMILES string of the molecule is Cc1cccc(C2CNC(=O)C2C(=O)Nc2ccccc2C)c1. The molecule has 1 aliphatic rings. The summed E-state index contributed by atoms with van der Waals surface area (Å²) >= 11 is 0. The molecule has 118 valence electrons. The third-order valence-corrected chi connectivity index (χ3v) is 4.34. The van der Waals surface area contributed by atoms with Gasteiger partial charge >= 0.3 is 0 Å². The van der Waals surface area contributed by atoms with E-state index in [0.717, 1.165) is 22.4 Å². The number of hydrogen-bond donors (Lipinski definition) is 2. The van der Waals surface area contributed by atoms with Crippen LogP contribution in [0.1, 0.15) is 22.6 Å². The van der Waals surface area contributed by atoms with E-state index in [0.29, 0.717) is 6.54 Å². The van der Waals surface area contributed by atoms with Gasteiger partial charge in [-0.1, -0.05) is 48.0 Å². The Hall–Kier alpha value is -2.62. The molecule has 1 heterocycles. The Morgan fingerprint density at radius 3 is 2.65 bits per heavy atom. The minimum Gasteiger partial charge on any atom is -0.355 e. The fourth-order valence-electron chi connectivity index (χ4n) is 3.06. The summed E-state index contributed by atoms with van der Waals surface area (Å²) in [6.45, 7) is 4.44. The van der Waals surface area contributed by atoms with Crippen molar-refractivity contribution in [1.29, 1.82) is 0 Å². The molecule has 23 heavy (non-hydrogen) atoms. The third kappa shape index (κ3) is 3.11. The Morgan fingerprint density at radius 1 is 1.13 bits per heavy atom. The lowest BCUT2D eigenvalue weighted by Gasteiger charge is -2.18. The fraction of sp³-hybridized carbons (Fsp3) is 0.263. The highest BCUT2D eigenvalue weighted by molar-refractivity contribution is 6.08. The number of amides is 2. The average Bonchev–Trinajstić information content (AvgIpc) is 2.91. The minimum absolute atomic E-state index is 0.133. The number of para-hydroxylation sites is 1. The quantitative estimate of drug-likeness (QED) is 0.857. The number of rotatable bonds is 3. The Balaban J connectivity index is 1.85. The van der Waals surface area contributed by atoms with Crippen molar-refractivity contribution >= 4 is 17.5 Å². The van der Waals surface area contributed by atoms with E-state index in [9.17, 15) is 9.59 Å². The first-order valence-corrected chi connectivity index (χ1v) is 7.77. The van der Waals surface area contributed by atoms with Crippen LogP contribution in [0.15, 0.2) is 48.5 Å². The zero-order valence-corrected chi connectivity index (χ0v) is 13.3. The van der Waals surface area contributed by atoms with Gasteiger partial charge in [-0.3, -0.25) is 9.59 Å². The second-order valence-corrected chi connectivity index (χ2v) is 6.05. The van der Waals surface area contributed by atoms with E-state index in [1.54, 1.807) is 0 Å². The molecule has 0 bridgehead atoms. The molecule has 0 aromatic heterocycles. The summed E-state index contributed by atoms with van der Waals surface area (Å²) in [5, 5.41) is 5.72. The first-order chi connectivity index (χ1) is 11.1. The molecule has 0 spiro atoms. The lowest BCUT2D eigenvalue weighted by atomic mass is 9.87. The van der Waals surface area contributed by atoms with Crippen LogP contribution < -0.4 is 10.6 Å². The van der Waals surface area contributed by atoms with E-state index >= 15 is 0 Å². The molecule has 4 nitrogen and oxygen atoms in total. The zero-order valence-electron chi connectivity index (χ0n) is 13.3. The monoisotopic (exact) mass is 308 g/mol. The number of carbonyl (C=O) groups excluding carboxylic acids is 2. The van der Waals surface area contributed by atoms with Gasteiger partial charge in [0.1, 0.15) is 5.92 Å². The predicted molar refractivity (Wildman–Crippen MR) is 90.2 cm³/mol. The van der Waals surface area contributed by atoms with Crippen LogP contribution in [-0.4, -0.2) is 18.4 Å². The Morgan fingerprint density at radius 2 is 1.91 bits per heavy atom. The standard InChI is InChI=1S/C19H20N2O2/c1-12-6-5-8-14(10-12)15-11-20-18(22)17(15)19(23)21-16-9-4-3-7-13(16)2/h3-10,15,17H,11H2,1-2H3,(H,20,22)(H,21,23). The highest BCUT2D eigenvalue weighted by Gasteiger charge is 2.41. The van der Waals surface area contributed by atoms with Crippen LogP contribution in [0.25, 0.3) is 0 Å². The molecule has 0 radical (unpaired) electrons. The van der Waals surface area contributed by atoms with Crippen LogP contribution in [-0.2, 0) is 9.59 Å². The van der Waals surface area contributed by atoms with Crippen LogP contribution in [0, 0.1) is 19.8 Å². The van der Waals surface area contributed by atoms with Crippen molar-refractivity contribution in [2.45, 2.75) is 19.8 Å². The van der Waals surface area contributed by atoms with Crippen molar-refractivity contribution < 1.29 is 9.59 Å². The molecule has 1 aliphatic heterocycles. The highest BCUT2D eigenvalue weighted by atomic mass is 16.2. The number of aryl methyl sites for hydroxylation is 2. The average molecular weight is 308 g/mol. The van der Waals surface area contributed by atoms with Gasteiger partial charge in [-0.2, -0.15) is 0 Å². The van der Waals surface area contributed by atoms with E-state index in [4.69, 9.17) is 0 Å². The van der Waals surface area contributed by atoms with Gasteiger partial charge in [-0.15, -0.1) is 0 Å². The van der Waals surface area contributed by atoms with E-state index in [1.165, 1.54) is 0 Å². The smallest absolute Gasteiger partial charge is 0.237 e. The molecule has 2 aromatic rings. The molecule has 3 rings (SSSR count). The molecule has 2 unspecified atom stereocenters. The Kier molecular flexibility index (Phi) is 4.15. The van der Waals surface area contributed by atoms with E-state index in [2.05, 4.69) is 10.6 Å². The van der Waals surface area contributed by atoms with Crippen molar-refractivity contribution in [2.24, 2.45) is 5.92 Å². The molecule has 2 aromatic carbocycles. The van der Waals surface area contributed by atoms with Crippen molar-refractivity contribution in [3.05, 3.63) is 65.2 Å². The summed E-state index contributed by atoms with van der Waals surface area (Å²) in [4.78, 5) is 24.9. The normalized spacial score (nSPS) is 20.2. The Bertz CT molecular complexity index is 755. The summed E-state index contributed by atoms with van der Waals surface area (Å²) in [5.41, 5.74) is 3.87. The van der Waals surface area contributed by atoms with Gasteiger partial charge in [-0.05, 0) is 31.0 Å². The summed E-state index contributed by atoms with van der Waals surface area (Å²) in [6.07, 6.45) is 0. The molecule has 2 amide bonds. The maximum absolute atomic E-state index is 12.7. The maximum atomic E-state index is 12.7. The highest BCUT2D eigenvalue weighted by Crippen LogP contribution is 2.30. The largest absolute Gasteiger partial charge is 0.355 e. The zero-order chi connectivity index (χ0) is 16.4. The molecular weight excluding hydrogens is 288 g/mol. The van der Waals surface area contributed by atoms with Crippen LogP contribution in [0.3, 0.4) is 0 Å². The maximum Gasteiger partial charge on any atom is 0.237 e. The predicted octanol–water partition coefficient (Wildman–Crippen LogP) is 2.77. The minimum atomic E-state index is -0.698. The van der Waals surface area contributed by atoms with Gasteiger partial charge in [0.05, 0.1) is 0 Å². The van der Waals surface area contributed by atoms with Gasteiger partial charge < -0.3 is 10.6 Å². The molecule has 1 saturated heterocycles. The number of nitrogens with one attached hydrogen (secondary N) is 2. The van der Waals surface area contributed by atoms with Crippen LogP contribution in [0.4, 0.5) is 5.69 Å². The van der Waals surface area contributed by atoms with Crippen molar-refractivity contribution in [1.82, 2.24) is 5.32 Å². The molecule has 2 atom stereocenters. The molecule has 0 aliphatic carbocycles. The van der Waals surface area contributed by atoms with Gasteiger partial charge in [0.15, 0.2) is 0 Å². The van der Waals surface area contributed by atoms with Crippen molar-refractivity contribution in [3.8, 4) is 0 Å². The second-order valence-electron chi connectivity index (χ2n) is 6.05. The van der Waals surface area contributed by atoms with Gasteiger partial charge in [0.2, 0.25) is 11.8 Å². The van der Waals surface area contributed by atoms with E-state index < -0.39 is 5.92 Å². The van der Waals surface area contributed by atoms with Crippen LogP contribution >= 0.6 is 0 Å². The molecule has 1 fully saturated rings. The number of hydrogen-bond acceptors (Lipinski definition) is 2. The fourth-order valence-corrected chi connectivity index (χ4v) is 3.06. The summed E-state index contributed by atoms with van der Waals surface area (Å²) in [5.74, 6) is -1.29. The van der Waals surface area contributed by atoms with Gasteiger partial charge in [-0.25, -0.2) is 0 Å². The summed E-state index contributed by atoms with van der Waals surface area (Å²) < 4.78 is 0. The first kappa shape index (κ1) is 15.3. The van der Waals surface area contributed by atoms with E-state index in [-0.39, 0.29) is 17.7 Å². The first-order valence-electron chi connectivity index (χ1n) is 7.77. The molecule has 4 heteroatoms.